The number of Topliss-reactive ketones (excluding diaryl/α,β-unsaturated/α-hetero) is 1. The number of esters is 1. The third-order valence-electron chi connectivity index (χ3n) is 12.4. The minimum Gasteiger partial charge on any atom is -0.459 e. The molecule has 0 saturated carbocycles. The van der Waals surface area contributed by atoms with E-state index in [9.17, 15) is 24.6 Å². The highest BCUT2D eigenvalue weighted by Crippen LogP contribution is 2.40. The Morgan fingerprint density at radius 2 is 1.77 bits per heavy atom. The van der Waals surface area contributed by atoms with E-state index in [1.165, 1.54) is 20.8 Å². The summed E-state index contributed by atoms with van der Waals surface area (Å²) >= 11 is 0. The van der Waals surface area contributed by atoms with Crippen LogP contribution in [0.4, 0.5) is 5.82 Å². The number of hydrogen-bond donors (Lipinski definition) is 3. The zero-order valence-corrected chi connectivity index (χ0v) is 37.9. The van der Waals surface area contributed by atoms with E-state index < -0.39 is 83.2 Å². The minimum atomic E-state index is -1.87. The largest absolute Gasteiger partial charge is 0.459 e. The van der Waals surface area contributed by atoms with Crippen LogP contribution in [0.1, 0.15) is 87.1 Å². The number of carbonyl (C=O) groups is 3. The van der Waals surface area contributed by atoms with Gasteiger partial charge in [-0.3, -0.25) is 19.4 Å². The number of ether oxygens (including phenoxy) is 5. The number of hydrogen-bond acceptors (Lipinski definition) is 16. The van der Waals surface area contributed by atoms with Gasteiger partial charge in [0.1, 0.15) is 41.9 Å². The summed E-state index contributed by atoms with van der Waals surface area (Å²) in [6, 6.07) is 8.61. The van der Waals surface area contributed by atoms with Gasteiger partial charge in [0.15, 0.2) is 12.1 Å². The summed E-state index contributed by atoms with van der Waals surface area (Å²) in [7, 11) is 3.72. The van der Waals surface area contributed by atoms with Gasteiger partial charge in [-0.15, -0.1) is 0 Å². The van der Waals surface area contributed by atoms with Crippen molar-refractivity contribution in [3.63, 3.8) is 0 Å². The molecule has 3 aliphatic rings. The topological polar surface area (TPSA) is 227 Å². The Bertz CT molecular complexity index is 1940. The van der Waals surface area contributed by atoms with Gasteiger partial charge >= 0.3 is 5.97 Å². The summed E-state index contributed by atoms with van der Waals surface area (Å²) in [6.07, 6.45) is -3.57. The van der Waals surface area contributed by atoms with Gasteiger partial charge in [-0.2, -0.15) is 0 Å². The number of rotatable bonds is 8. The van der Waals surface area contributed by atoms with Crippen LogP contribution in [-0.4, -0.2) is 136 Å². The lowest BCUT2D eigenvalue weighted by Crippen LogP contribution is -2.60. The fourth-order valence-corrected chi connectivity index (χ4v) is 9.06. The zero-order valence-electron chi connectivity index (χ0n) is 37.9. The molecular formula is C45H66N6O11. The first-order valence-electron chi connectivity index (χ1n) is 21.5. The maximum atomic E-state index is 14.5. The molecule has 0 aromatic carbocycles. The van der Waals surface area contributed by atoms with E-state index in [1.807, 2.05) is 45.0 Å². The summed E-state index contributed by atoms with van der Waals surface area (Å²) in [4.78, 5) is 62.4. The second kappa shape index (κ2) is 20.5. The van der Waals surface area contributed by atoms with Gasteiger partial charge in [-0.1, -0.05) is 45.0 Å². The number of likely N-dealkylation sites (N-methyl/N-ethyl adjacent to an activating group) is 1. The number of nitrogens with zero attached hydrogens (tertiary/aromatic N) is 5. The Morgan fingerprint density at radius 3 is 2.40 bits per heavy atom. The first kappa shape index (κ1) is 48.8. The van der Waals surface area contributed by atoms with Gasteiger partial charge in [0.2, 0.25) is 5.91 Å². The van der Waals surface area contributed by atoms with Gasteiger partial charge in [-0.05, 0) is 85.2 Å². The molecule has 62 heavy (non-hydrogen) atoms. The van der Waals surface area contributed by atoms with Crippen LogP contribution >= 0.6 is 0 Å². The Balaban J connectivity index is 1.62. The number of fused-ring (bicyclic) bond motifs is 5. The van der Waals surface area contributed by atoms with Crippen LogP contribution in [-0.2, 0) is 49.5 Å². The number of ketones is 1. The highest BCUT2D eigenvalue weighted by Gasteiger charge is 2.53. The minimum absolute atomic E-state index is 0.0214. The van der Waals surface area contributed by atoms with E-state index in [2.05, 4.69) is 20.1 Å². The van der Waals surface area contributed by atoms with Crippen molar-refractivity contribution in [3.8, 4) is 11.4 Å². The van der Waals surface area contributed by atoms with Crippen LogP contribution in [0, 0.1) is 23.7 Å². The quantitative estimate of drug-likeness (QED) is 0.192. The number of oxime groups is 1. The number of pyridine rings is 2. The van der Waals surface area contributed by atoms with E-state index in [-0.39, 0.29) is 50.5 Å². The fourth-order valence-electron chi connectivity index (χ4n) is 9.06. The number of amides is 1. The van der Waals surface area contributed by atoms with E-state index in [1.54, 1.807) is 52.1 Å². The molecule has 2 bridgehead atoms. The van der Waals surface area contributed by atoms with Crippen LogP contribution in [0.2, 0.25) is 0 Å². The van der Waals surface area contributed by atoms with Crippen molar-refractivity contribution in [1.82, 2.24) is 14.9 Å². The molecule has 5 heterocycles. The van der Waals surface area contributed by atoms with E-state index in [4.69, 9.17) is 34.3 Å². The molecule has 3 aliphatic heterocycles. The third-order valence-corrected chi connectivity index (χ3v) is 12.4. The second-order valence-electron chi connectivity index (χ2n) is 17.8. The number of anilines is 1. The normalized spacial score (nSPS) is 36.7. The molecule has 342 valence electrons. The predicted octanol–water partition coefficient (Wildman–Crippen LogP) is 4.16. The average Bonchev–Trinajstić information content (AvgIpc) is 3.23. The van der Waals surface area contributed by atoms with Crippen molar-refractivity contribution < 1.29 is 53.1 Å². The maximum Gasteiger partial charge on any atom is 0.316 e. The Kier molecular flexibility index (Phi) is 16.1. The summed E-state index contributed by atoms with van der Waals surface area (Å²) in [6.45, 7) is 14.7. The van der Waals surface area contributed by atoms with Crippen LogP contribution in [0.15, 0.2) is 46.7 Å². The van der Waals surface area contributed by atoms with Crippen molar-refractivity contribution in [3.05, 3.63) is 42.1 Å². The van der Waals surface area contributed by atoms with Gasteiger partial charge in [-0.25, -0.2) is 9.98 Å². The Morgan fingerprint density at radius 1 is 1.05 bits per heavy atom. The lowest BCUT2D eigenvalue weighted by atomic mass is 9.73. The van der Waals surface area contributed by atoms with E-state index >= 15 is 0 Å². The number of nitrogens with two attached hydrogens (primary N) is 1. The van der Waals surface area contributed by atoms with E-state index in [0.717, 1.165) is 0 Å². The highest BCUT2D eigenvalue weighted by molar-refractivity contribution is 6.00. The number of cyclic esters (lactones) is 1. The molecule has 4 N–H and O–H groups in total. The van der Waals surface area contributed by atoms with Crippen LogP contribution < -0.4 is 5.73 Å². The number of aliphatic hydroxyl groups is 2. The SMILES string of the molecule is CC[C@H]1OC(=O)[C@H](C)C(=O)[C@H](C)[C@@H](O[C@@H]2O[C@H](C)C[C@H](N(C)C)[C@H]2O)[C@@]2(C)C[C@@H](C)C(=NC(C)=O)[C@@H](C)[C@@H](OC/C(=N\OCc3ccc(-c4cccc(N)n4)nc3)CO2)[C@]1(C)O. The summed E-state index contributed by atoms with van der Waals surface area (Å²) in [5.74, 6) is -5.01. The molecule has 2 aromatic rings. The molecule has 0 spiro atoms. The molecule has 0 aliphatic carbocycles. The van der Waals surface area contributed by atoms with Crippen LogP contribution in [0.3, 0.4) is 0 Å². The Labute approximate surface area is 364 Å². The lowest BCUT2D eigenvalue weighted by molar-refractivity contribution is -0.296. The molecule has 0 unspecified atom stereocenters. The van der Waals surface area contributed by atoms with E-state index in [0.29, 0.717) is 34.9 Å². The highest BCUT2D eigenvalue weighted by atomic mass is 16.7. The monoisotopic (exact) mass is 866 g/mol. The second-order valence-corrected chi connectivity index (χ2v) is 17.8. The number of carbonyl (C=O) groups excluding carboxylic acids is 3. The smallest absolute Gasteiger partial charge is 0.316 e. The van der Waals surface area contributed by atoms with Crippen molar-refractivity contribution in [2.24, 2.45) is 33.8 Å². The van der Waals surface area contributed by atoms with Crippen molar-refractivity contribution in [2.75, 3.05) is 33.0 Å². The predicted molar refractivity (Wildman–Crippen MR) is 231 cm³/mol. The molecule has 2 aromatic heterocycles. The van der Waals surface area contributed by atoms with Gasteiger partial charge in [0, 0.05) is 42.3 Å². The molecule has 17 nitrogen and oxygen atoms in total. The molecule has 0 radical (unpaired) electrons. The maximum absolute atomic E-state index is 14.5. The molecule has 17 heteroatoms. The third kappa shape index (κ3) is 11.3. The molecular weight excluding hydrogens is 801 g/mol. The lowest BCUT2D eigenvalue weighted by Gasteiger charge is -2.47. The number of aliphatic imine (C=N–C) groups is 1. The van der Waals surface area contributed by atoms with Gasteiger partial charge in [0.05, 0.1) is 48.5 Å². The number of aromatic nitrogens is 2. The number of nitrogen functional groups attached to an aromatic ring is 1. The Hall–Kier alpha value is -4.23. The summed E-state index contributed by atoms with van der Waals surface area (Å²) in [5.41, 5.74) is 5.22. The average molecular weight is 867 g/mol. The summed E-state index contributed by atoms with van der Waals surface area (Å²) < 4.78 is 32.5. The van der Waals surface area contributed by atoms with Gasteiger partial charge < -0.3 is 49.4 Å². The molecule has 3 fully saturated rings. The van der Waals surface area contributed by atoms with Crippen LogP contribution in [0.5, 0.6) is 0 Å². The first-order chi connectivity index (χ1) is 29.2. The standard InChI is InChI=1S/C45H66N6O11/c1-12-35-45(9,56)41-26(4)37(48-29(7)52)24(2)19-44(8,40(27(5)38(53)28(6)42(55)61-35)62-43-39(54)34(51(10)11)18-25(3)60-43)58-23-31(22-57-41)50-59-21-30-16-17-32(47-20-30)33-14-13-15-36(46)49-33/h13-17,20,24-28,34-35,39-41,43,54,56H,12,18-19,21-23H2,1-11H3,(H2,46,49)/b48-37?,50-31+/t24-,25-,26-,27+,28-,34+,35-,39-,40-,41-,43+,44-,45-/m1/s1. The molecule has 5 rings (SSSR count). The molecule has 1 amide bonds. The van der Waals surface area contributed by atoms with Crippen LogP contribution in [0.25, 0.3) is 11.4 Å². The fraction of sp³-hybridized carbons (Fsp3) is 0.667. The first-order valence-corrected chi connectivity index (χ1v) is 21.5. The molecule has 3 saturated heterocycles. The zero-order chi connectivity index (χ0) is 45.7. The van der Waals surface area contributed by atoms with Gasteiger partial charge in [0.25, 0.3) is 0 Å². The molecule has 13 atom stereocenters. The van der Waals surface area contributed by atoms with Crippen molar-refractivity contribution in [2.45, 2.75) is 142 Å². The summed E-state index contributed by atoms with van der Waals surface area (Å²) in [5, 5.41) is 28.6. The van der Waals surface area contributed by atoms with Crippen molar-refractivity contribution in [1.29, 1.82) is 0 Å². The van der Waals surface area contributed by atoms with Crippen molar-refractivity contribution >= 4 is 34.9 Å². The number of aliphatic hydroxyl groups excluding tert-OH is 1.